The summed E-state index contributed by atoms with van der Waals surface area (Å²) in [6, 6.07) is 0. The van der Waals surface area contributed by atoms with Gasteiger partial charge >= 0.3 is 5.97 Å². The highest BCUT2D eigenvalue weighted by Gasteiger charge is 2.75. The summed E-state index contributed by atoms with van der Waals surface area (Å²) in [7, 11) is 0. The lowest BCUT2D eigenvalue weighted by Gasteiger charge is -2.73. The molecule has 7 nitrogen and oxygen atoms in total. The minimum atomic E-state index is -1.40. The molecule has 0 radical (unpaired) electrons. The molecule has 4 N–H and O–H groups in total. The van der Waals surface area contributed by atoms with E-state index in [0.29, 0.717) is 23.5 Å². The van der Waals surface area contributed by atoms with E-state index in [2.05, 4.69) is 54.5 Å². The topological polar surface area (TPSA) is 124 Å². The van der Waals surface area contributed by atoms with Crippen molar-refractivity contribution in [3.63, 3.8) is 0 Å². The van der Waals surface area contributed by atoms with Gasteiger partial charge in [0.15, 0.2) is 5.78 Å². The molecule has 48 heavy (non-hydrogen) atoms. The quantitative estimate of drug-likeness (QED) is 0.141. The van der Waals surface area contributed by atoms with Crippen LogP contribution in [0.4, 0.5) is 0 Å². The first kappa shape index (κ1) is 37.5. The highest BCUT2D eigenvalue weighted by molar-refractivity contribution is 5.95. The zero-order valence-corrected chi connectivity index (χ0v) is 31.5. The summed E-state index contributed by atoms with van der Waals surface area (Å²) in [6.45, 7) is 22.1. The molecule has 0 amide bonds. The zero-order valence-electron chi connectivity index (χ0n) is 31.5. The molecule has 0 aromatic carbocycles. The third kappa shape index (κ3) is 4.87. The van der Waals surface area contributed by atoms with Crippen LogP contribution in [0.5, 0.6) is 0 Å². The van der Waals surface area contributed by atoms with E-state index in [0.717, 1.165) is 37.7 Å². The summed E-state index contributed by atoms with van der Waals surface area (Å²) in [5.41, 5.74) is -1.27. The summed E-state index contributed by atoms with van der Waals surface area (Å²) >= 11 is 0. The fraction of sp³-hybridized carbons (Fsp3) is 0.805. The van der Waals surface area contributed by atoms with Crippen LogP contribution in [-0.4, -0.2) is 63.2 Å². The van der Waals surface area contributed by atoms with Crippen molar-refractivity contribution in [3.8, 4) is 0 Å². The number of allylic oxidation sites excluding steroid dienone is 4. The third-order valence-corrected chi connectivity index (χ3v) is 16.0. The first-order chi connectivity index (χ1) is 22.2. The molecule has 0 saturated heterocycles. The number of hydrogen-bond acceptors (Lipinski definition) is 7. The minimum absolute atomic E-state index is 0.0546. The van der Waals surface area contributed by atoms with Gasteiger partial charge in [0.2, 0.25) is 0 Å². The molecule has 0 aromatic heterocycles. The van der Waals surface area contributed by atoms with Crippen molar-refractivity contribution in [2.24, 2.45) is 56.2 Å². The van der Waals surface area contributed by atoms with Crippen molar-refractivity contribution in [2.75, 3.05) is 6.61 Å². The number of esters is 1. The number of rotatable bonds is 6. The lowest BCUT2D eigenvalue weighted by Crippen LogP contribution is -2.75. The molecule has 4 fully saturated rings. The molecular formula is C41H64O7. The maximum Gasteiger partial charge on any atom is 0.333 e. The lowest BCUT2D eigenvalue weighted by molar-refractivity contribution is -0.284. The number of hydrogen-bond donors (Lipinski definition) is 4. The zero-order chi connectivity index (χ0) is 36.0. The molecular weight excluding hydrogens is 604 g/mol. The molecule has 0 aromatic rings. The highest BCUT2D eigenvalue weighted by Crippen LogP contribution is 2.76. The number of ketones is 1. The molecule has 12 atom stereocenters. The van der Waals surface area contributed by atoms with Gasteiger partial charge in [-0.25, -0.2) is 4.79 Å². The largest absolute Gasteiger partial charge is 0.458 e. The minimum Gasteiger partial charge on any atom is -0.458 e. The summed E-state index contributed by atoms with van der Waals surface area (Å²) in [6.07, 6.45) is 6.72. The Balaban J connectivity index is 1.69. The van der Waals surface area contributed by atoms with Gasteiger partial charge in [-0.15, -0.1) is 0 Å². The van der Waals surface area contributed by atoms with Crippen molar-refractivity contribution < 1.29 is 34.8 Å². The fourth-order valence-electron chi connectivity index (χ4n) is 12.4. The number of ether oxygens (including phenoxy) is 1. The van der Waals surface area contributed by atoms with Crippen molar-refractivity contribution in [2.45, 2.75) is 146 Å². The normalized spacial score (nSPS) is 46.7. The van der Waals surface area contributed by atoms with Crippen molar-refractivity contribution in [1.29, 1.82) is 0 Å². The van der Waals surface area contributed by atoms with Crippen LogP contribution >= 0.6 is 0 Å². The number of aliphatic hydroxyl groups is 4. The standard InChI is InChI=1S/C41H64O7/c1-12-23(3)28(43)20-26-34(48-35(47)24(4)13-2)41(22-42)27(21-36(26,5)6)25-14-15-30-38(9)18-17-31(44)37(7,8)29(38)16-19-39(30,10)40(25,11)32(45)33(41)46/h12-14,26-27,29-34,42,44-46H,15-22H2,1-11H3/b23-12-,24-13-/t26-,27?,29?,30?,31-,32-,33+,34-,38-,39+,40-,41-/m0/s1. The van der Waals surface area contributed by atoms with E-state index in [1.54, 1.807) is 32.9 Å². The molecule has 0 heterocycles. The Bertz CT molecular complexity index is 1400. The summed E-state index contributed by atoms with van der Waals surface area (Å²) in [5.74, 6) is -0.921. The Morgan fingerprint density at radius 3 is 2.10 bits per heavy atom. The number of fused-ring (bicyclic) bond motifs is 7. The van der Waals surface area contributed by atoms with E-state index in [-0.39, 0.29) is 46.4 Å². The Labute approximate surface area is 289 Å². The van der Waals surface area contributed by atoms with E-state index >= 15 is 0 Å². The van der Waals surface area contributed by atoms with Crippen LogP contribution in [-0.2, 0) is 14.3 Å². The van der Waals surface area contributed by atoms with Gasteiger partial charge < -0.3 is 25.2 Å². The Morgan fingerprint density at radius 1 is 0.896 bits per heavy atom. The van der Waals surface area contributed by atoms with Crippen molar-refractivity contribution in [3.05, 3.63) is 34.9 Å². The molecule has 0 aliphatic heterocycles. The first-order valence-electron chi connectivity index (χ1n) is 18.5. The fourth-order valence-corrected chi connectivity index (χ4v) is 12.4. The molecule has 0 bridgehead atoms. The Hall–Kier alpha value is -1.80. The van der Waals surface area contributed by atoms with Crippen LogP contribution in [0.25, 0.3) is 0 Å². The number of Topliss-reactive ketones (excluding diaryl/α,β-unsaturated/α-hetero) is 1. The Kier molecular flexibility index (Phi) is 9.49. The average Bonchev–Trinajstić information content (AvgIpc) is 3.03. The number of carbonyl (C=O) groups is 2. The lowest BCUT2D eigenvalue weighted by atomic mass is 9.32. The van der Waals surface area contributed by atoms with Crippen molar-refractivity contribution in [1.82, 2.24) is 0 Å². The molecule has 5 aliphatic rings. The smallest absolute Gasteiger partial charge is 0.333 e. The third-order valence-electron chi connectivity index (χ3n) is 16.0. The second kappa shape index (κ2) is 12.2. The number of carbonyl (C=O) groups excluding carboxylic acids is 2. The van der Waals surface area contributed by atoms with E-state index in [1.807, 2.05) is 6.92 Å². The maximum atomic E-state index is 13.6. The van der Waals surface area contributed by atoms with Gasteiger partial charge in [0.25, 0.3) is 0 Å². The van der Waals surface area contributed by atoms with Gasteiger partial charge in [-0.2, -0.15) is 0 Å². The second-order valence-electron chi connectivity index (χ2n) is 18.4. The summed E-state index contributed by atoms with van der Waals surface area (Å²) in [4.78, 5) is 27.1. The van der Waals surface area contributed by atoms with Crippen LogP contribution in [0.2, 0.25) is 0 Å². The molecule has 5 rings (SSSR count). The van der Waals surface area contributed by atoms with Gasteiger partial charge in [0.05, 0.1) is 30.3 Å². The molecule has 7 heteroatoms. The molecule has 3 unspecified atom stereocenters. The van der Waals surface area contributed by atoms with Gasteiger partial charge in [0.1, 0.15) is 6.10 Å². The highest BCUT2D eigenvalue weighted by atomic mass is 16.5. The predicted molar refractivity (Wildman–Crippen MR) is 188 cm³/mol. The van der Waals surface area contributed by atoms with E-state index in [4.69, 9.17) is 4.74 Å². The Morgan fingerprint density at radius 2 is 1.52 bits per heavy atom. The SMILES string of the molecule is C/C=C(/C)C(=O)C[C@H]1[C@H](OC(=O)/C(C)=C\C)[C@@]2(CO)C(CC1(C)C)C1=CCC3[C@@]4(C)CC[C@H](O)C(C)(C)C4CC[C@@]3(C)[C@]1(C)[C@@H](O)[C@H]2O. The number of aliphatic hydroxyl groups excluding tert-OH is 4. The predicted octanol–water partition coefficient (Wildman–Crippen LogP) is 6.72. The maximum absolute atomic E-state index is 13.6. The van der Waals surface area contributed by atoms with Gasteiger partial charge in [-0.3, -0.25) is 4.79 Å². The van der Waals surface area contributed by atoms with Gasteiger partial charge in [-0.1, -0.05) is 72.3 Å². The first-order valence-corrected chi connectivity index (χ1v) is 18.5. The second-order valence-corrected chi connectivity index (χ2v) is 18.4. The van der Waals surface area contributed by atoms with Gasteiger partial charge in [0, 0.05) is 23.3 Å². The van der Waals surface area contributed by atoms with Crippen LogP contribution in [0.15, 0.2) is 34.9 Å². The molecule has 4 saturated carbocycles. The van der Waals surface area contributed by atoms with E-state index < -0.39 is 53.1 Å². The molecule has 270 valence electrons. The average molecular weight is 669 g/mol. The monoisotopic (exact) mass is 668 g/mol. The van der Waals surface area contributed by atoms with Crippen LogP contribution in [0, 0.1) is 56.2 Å². The molecule has 5 aliphatic carbocycles. The van der Waals surface area contributed by atoms with Crippen LogP contribution in [0.3, 0.4) is 0 Å². The van der Waals surface area contributed by atoms with E-state index in [1.165, 1.54) is 0 Å². The van der Waals surface area contributed by atoms with Crippen LogP contribution in [0.1, 0.15) is 121 Å². The van der Waals surface area contributed by atoms with Crippen molar-refractivity contribution >= 4 is 11.8 Å². The molecule has 0 spiro atoms. The summed E-state index contributed by atoms with van der Waals surface area (Å²) in [5, 5.41) is 47.9. The van der Waals surface area contributed by atoms with Gasteiger partial charge in [-0.05, 0) is 111 Å². The summed E-state index contributed by atoms with van der Waals surface area (Å²) < 4.78 is 6.39. The van der Waals surface area contributed by atoms with Crippen LogP contribution < -0.4 is 0 Å². The van der Waals surface area contributed by atoms with E-state index in [9.17, 15) is 30.0 Å².